The molecule has 34 heavy (non-hydrogen) atoms. The summed E-state index contributed by atoms with van der Waals surface area (Å²) in [6.45, 7) is 1.64. The number of aliphatic carboxylic acids is 1. The van der Waals surface area contributed by atoms with Crippen molar-refractivity contribution in [3.63, 3.8) is 0 Å². The van der Waals surface area contributed by atoms with E-state index >= 15 is 0 Å². The van der Waals surface area contributed by atoms with Crippen LogP contribution in [0.5, 0.6) is 17.2 Å². The van der Waals surface area contributed by atoms with E-state index in [9.17, 15) is 18.4 Å². The van der Waals surface area contributed by atoms with E-state index in [1.807, 2.05) is 0 Å². The quantitative estimate of drug-likeness (QED) is 0.238. The topological polar surface area (TPSA) is 72.8 Å². The highest BCUT2D eigenvalue weighted by Crippen LogP contribution is 2.43. The highest BCUT2D eigenvalue weighted by Gasteiger charge is 2.24. The van der Waals surface area contributed by atoms with Crippen molar-refractivity contribution in [2.75, 3.05) is 7.11 Å². The molecule has 5 nitrogen and oxygen atoms in total. The van der Waals surface area contributed by atoms with E-state index in [1.165, 1.54) is 43.5 Å². The summed E-state index contributed by atoms with van der Waals surface area (Å²) in [4.78, 5) is 24.4. The zero-order valence-electron chi connectivity index (χ0n) is 18.1. The van der Waals surface area contributed by atoms with Crippen molar-refractivity contribution in [1.29, 1.82) is 0 Å². The Bertz CT molecular complexity index is 1460. The Balaban J connectivity index is 1.81. The van der Waals surface area contributed by atoms with Crippen molar-refractivity contribution in [2.24, 2.45) is 0 Å². The number of ketones is 1. The standard InChI is InChI=1S/C26H18F2O5S/c1-14-11-16(27)5-7-18(14)24(31)26-25(19-8-6-17(32-2)13-22(19)34-26)33-21-9-3-15(12-20(21)28)4-10-23(29)30/h3-13H,1-2H3,(H,29,30)/b10-4+. The predicted octanol–water partition coefficient (Wildman–Crippen LogP) is 6.62. The van der Waals surface area contributed by atoms with Crippen LogP contribution >= 0.6 is 11.3 Å². The van der Waals surface area contributed by atoms with Gasteiger partial charge in [-0.2, -0.15) is 0 Å². The third kappa shape index (κ3) is 4.67. The molecule has 0 unspecified atom stereocenters. The molecule has 0 amide bonds. The molecule has 1 heterocycles. The number of benzene rings is 3. The molecule has 0 aliphatic heterocycles. The molecule has 8 heteroatoms. The van der Waals surface area contributed by atoms with Gasteiger partial charge in [-0.15, -0.1) is 11.3 Å². The van der Waals surface area contributed by atoms with E-state index in [0.29, 0.717) is 32.5 Å². The highest BCUT2D eigenvalue weighted by atomic mass is 32.1. The second-order valence-electron chi connectivity index (χ2n) is 7.37. The van der Waals surface area contributed by atoms with Crippen molar-refractivity contribution in [1.82, 2.24) is 0 Å². The number of carboxylic acid groups (broad SMARTS) is 1. The number of carbonyl (C=O) groups is 2. The molecule has 0 fully saturated rings. The first-order valence-corrected chi connectivity index (χ1v) is 10.9. The van der Waals surface area contributed by atoms with Gasteiger partial charge in [-0.1, -0.05) is 6.07 Å². The Hall–Kier alpha value is -4.04. The van der Waals surface area contributed by atoms with Gasteiger partial charge in [0.15, 0.2) is 17.3 Å². The van der Waals surface area contributed by atoms with Gasteiger partial charge in [-0.3, -0.25) is 4.79 Å². The molecule has 1 aromatic heterocycles. The average Bonchev–Trinajstić information content (AvgIpc) is 3.16. The molecule has 0 saturated heterocycles. The molecule has 4 rings (SSSR count). The van der Waals surface area contributed by atoms with Gasteiger partial charge in [0.2, 0.25) is 5.78 Å². The zero-order chi connectivity index (χ0) is 24.4. The summed E-state index contributed by atoms with van der Waals surface area (Å²) in [7, 11) is 1.52. The lowest BCUT2D eigenvalue weighted by Crippen LogP contribution is -2.04. The molecule has 4 aromatic rings. The number of thiophene rings is 1. The van der Waals surface area contributed by atoms with E-state index in [1.54, 1.807) is 25.1 Å². The Morgan fingerprint density at radius 2 is 1.82 bits per heavy atom. The number of carboxylic acids is 1. The van der Waals surface area contributed by atoms with Crippen molar-refractivity contribution >= 4 is 39.3 Å². The summed E-state index contributed by atoms with van der Waals surface area (Å²) >= 11 is 1.16. The first kappa shape index (κ1) is 23.1. The molecule has 0 atom stereocenters. The normalized spacial score (nSPS) is 11.2. The molecule has 0 saturated carbocycles. The first-order chi connectivity index (χ1) is 16.3. The minimum atomic E-state index is -1.15. The van der Waals surface area contributed by atoms with Crippen LogP contribution in [-0.4, -0.2) is 24.0 Å². The zero-order valence-corrected chi connectivity index (χ0v) is 18.9. The predicted molar refractivity (Wildman–Crippen MR) is 126 cm³/mol. The smallest absolute Gasteiger partial charge is 0.328 e. The van der Waals surface area contributed by atoms with Crippen LogP contribution in [-0.2, 0) is 4.79 Å². The number of carbonyl (C=O) groups excluding carboxylic acids is 1. The van der Waals surface area contributed by atoms with Crippen LogP contribution in [0.15, 0.2) is 60.7 Å². The summed E-state index contributed by atoms with van der Waals surface area (Å²) in [6.07, 6.45) is 2.16. The first-order valence-electron chi connectivity index (χ1n) is 10.1. The van der Waals surface area contributed by atoms with Crippen molar-refractivity contribution < 1.29 is 33.0 Å². The summed E-state index contributed by atoms with van der Waals surface area (Å²) < 4.78 is 40.3. The van der Waals surface area contributed by atoms with E-state index in [0.717, 1.165) is 23.5 Å². The lowest BCUT2D eigenvalue weighted by Gasteiger charge is -2.10. The Kier molecular flexibility index (Phi) is 6.43. The molecule has 0 aliphatic rings. The fourth-order valence-corrected chi connectivity index (χ4v) is 4.53. The van der Waals surface area contributed by atoms with Crippen molar-refractivity contribution in [3.8, 4) is 17.2 Å². The highest BCUT2D eigenvalue weighted by molar-refractivity contribution is 7.21. The maximum atomic E-state index is 14.8. The molecule has 3 aromatic carbocycles. The van der Waals surface area contributed by atoms with E-state index in [-0.39, 0.29) is 22.2 Å². The third-order valence-electron chi connectivity index (χ3n) is 5.08. The number of rotatable bonds is 7. The van der Waals surface area contributed by atoms with Crippen molar-refractivity contribution in [2.45, 2.75) is 6.92 Å². The Labute approximate surface area is 197 Å². The van der Waals surface area contributed by atoms with Gasteiger partial charge >= 0.3 is 5.97 Å². The molecular weight excluding hydrogens is 462 g/mol. The van der Waals surface area contributed by atoms with Crippen LogP contribution in [0.1, 0.15) is 26.4 Å². The van der Waals surface area contributed by atoms with Crippen LogP contribution in [0.3, 0.4) is 0 Å². The second-order valence-corrected chi connectivity index (χ2v) is 8.43. The van der Waals surface area contributed by atoms with Gasteiger partial charge < -0.3 is 14.6 Å². The number of halogens is 2. The second kappa shape index (κ2) is 9.44. The molecule has 1 N–H and O–H groups in total. The summed E-state index contributed by atoms with van der Waals surface area (Å²) in [5.41, 5.74) is 1.11. The average molecular weight is 480 g/mol. The maximum absolute atomic E-state index is 14.8. The van der Waals surface area contributed by atoms with Gasteiger partial charge in [0.25, 0.3) is 0 Å². The fraction of sp³-hybridized carbons (Fsp3) is 0.0769. The molecule has 172 valence electrons. The lowest BCUT2D eigenvalue weighted by molar-refractivity contribution is -0.131. The number of fused-ring (bicyclic) bond motifs is 1. The SMILES string of the molecule is COc1ccc2c(Oc3ccc(/C=C/C(=O)O)cc3F)c(C(=O)c3ccc(F)cc3C)sc2c1. The van der Waals surface area contributed by atoms with Gasteiger partial charge in [0.1, 0.15) is 16.4 Å². The molecule has 0 radical (unpaired) electrons. The molecule has 0 bridgehead atoms. The molecule has 0 spiro atoms. The Morgan fingerprint density at radius 3 is 2.50 bits per heavy atom. The summed E-state index contributed by atoms with van der Waals surface area (Å²) in [5.74, 6) is -2.09. The minimum absolute atomic E-state index is 0.132. The number of hydrogen-bond donors (Lipinski definition) is 1. The van der Waals surface area contributed by atoms with E-state index in [2.05, 4.69) is 0 Å². The van der Waals surface area contributed by atoms with Crippen LogP contribution in [0.2, 0.25) is 0 Å². The van der Waals surface area contributed by atoms with Crippen molar-refractivity contribution in [3.05, 3.63) is 93.9 Å². The largest absolute Gasteiger partial charge is 0.497 e. The van der Waals surface area contributed by atoms with Gasteiger partial charge in [0.05, 0.1) is 7.11 Å². The monoisotopic (exact) mass is 480 g/mol. The number of methoxy groups -OCH3 is 1. The number of hydrogen-bond acceptors (Lipinski definition) is 5. The van der Waals surface area contributed by atoms with Crippen LogP contribution in [0, 0.1) is 18.6 Å². The molecule has 0 aliphatic carbocycles. The summed E-state index contributed by atoms with van der Waals surface area (Å²) in [5, 5.41) is 9.34. The van der Waals surface area contributed by atoms with Gasteiger partial charge in [-0.05, 0) is 72.7 Å². The fourth-order valence-electron chi connectivity index (χ4n) is 3.42. The lowest BCUT2D eigenvalue weighted by atomic mass is 10.0. The third-order valence-corrected chi connectivity index (χ3v) is 6.21. The van der Waals surface area contributed by atoms with Crippen LogP contribution in [0.25, 0.3) is 16.2 Å². The number of aryl methyl sites for hydroxylation is 1. The summed E-state index contributed by atoms with van der Waals surface area (Å²) in [6, 6.07) is 13.1. The maximum Gasteiger partial charge on any atom is 0.328 e. The van der Waals surface area contributed by atoms with Gasteiger partial charge in [0, 0.05) is 21.7 Å². The van der Waals surface area contributed by atoms with E-state index in [4.69, 9.17) is 14.6 Å². The van der Waals surface area contributed by atoms with E-state index < -0.39 is 17.6 Å². The van der Waals surface area contributed by atoms with Gasteiger partial charge in [-0.25, -0.2) is 13.6 Å². The van der Waals surface area contributed by atoms with Crippen LogP contribution < -0.4 is 9.47 Å². The minimum Gasteiger partial charge on any atom is -0.497 e. The number of ether oxygens (including phenoxy) is 2. The Morgan fingerprint density at radius 1 is 1.03 bits per heavy atom. The molecular formula is C26H18F2O5S. The van der Waals surface area contributed by atoms with Crippen LogP contribution in [0.4, 0.5) is 8.78 Å².